The van der Waals surface area contributed by atoms with Crippen molar-refractivity contribution in [2.24, 2.45) is 0 Å². The standard InChI is InChI=1S/C13H13Cl2N3O/c1-8-10(14)4-3-5-12(8)16-13(19)7-18-6-11(15)9(2)17-18/h3-6H,7H2,1-2H3,(H,16,19). The van der Waals surface area contributed by atoms with Gasteiger partial charge in [-0.2, -0.15) is 5.10 Å². The van der Waals surface area contributed by atoms with E-state index in [2.05, 4.69) is 10.4 Å². The molecule has 1 heterocycles. The van der Waals surface area contributed by atoms with Gasteiger partial charge in [-0.3, -0.25) is 9.48 Å². The molecule has 0 aliphatic carbocycles. The van der Waals surface area contributed by atoms with Gasteiger partial charge in [-0.25, -0.2) is 0 Å². The van der Waals surface area contributed by atoms with Crippen LogP contribution in [-0.2, 0) is 11.3 Å². The fraction of sp³-hybridized carbons (Fsp3) is 0.231. The number of hydrogen-bond donors (Lipinski definition) is 1. The Balaban J connectivity index is 2.07. The number of hydrogen-bond acceptors (Lipinski definition) is 2. The summed E-state index contributed by atoms with van der Waals surface area (Å²) in [5, 5.41) is 8.10. The first-order valence-electron chi connectivity index (χ1n) is 5.72. The molecule has 0 saturated carbocycles. The maximum Gasteiger partial charge on any atom is 0.246 e. The highest BCUT2D eigenvalue weighted by atomic mass is 35.5. The van der Waals surface area contributed by atoms with E-state index in [0.29, 0.717) is 21.4 Å². The molecule has 0 bridgehead atoms. The van der Waals surface area contributed by atoms with Crippen LogP contribution in [0.25, 0.3) is 0 Å². The molecule has 0 aliphatic heterocycles. The quantitative estimate of drug-likeness (QED) is 0.943. The second-order valence-electron chi connectivity index (χ2n) is 4.22. The molecule has 1 aromatic heterocycles. The molecular formula is C13H13Cl2N3O. The fourth-order valence-corrected chi connectivity index (χ4v) is 1.98. The number of benzene rings is 1. The topological polar surface area (TPSA) is 46.9 Å². The molecular weight excluding hydrogens is 285 g/mol. The molecule has 19 heavy (non-hydrogen) atoms. The Bertz CT molecular complexity index is 603. The van der Waals surface area contributed by atoms with Gasteiger partial charge in [-0.05, 0) is 31.5 Å². The fourth-order valence-electron chi connectivity index (χ4n) is 1.65. The van der Waals surface area contributed by atoms with Gasteiger partial charge in [-0.1, -0.05) is 29.3 Å². The number of aromatic nitrogens is 2. The normalized spacial score (nSPS) is 10.5. The molecule has 2 aromatic rings. The van der Waals surface area contributed by atoms with E-state index < -0.39 is 0 Å². The summed E-state index contributed by atoms with van der Waals surface area (Å²) < 4.78 is 1.51. The third kappa shape index (κ3) is 3.28. The van der Waals surface area contributed by atoms with Gasteiger partial charge >= 0.3 is 0 Å². The van der Waals surface area contributed by atoms with Gasteiger partial charge in [0, 0.05) is 16.9 Å². The first kappa shape index (κ1) is 13.9. The largest absolute Gasteiger partial charge is 0.324 e. The van der Waals surface area contributed by atoms with Gasteiger partial charge in [0.1, 0.15) is 6.54 Å². The van der Waals surface area contributed by atoms with Crippen LogP contribution >= 0.6 is 23.2 Å². The number of nitrogens with one attached hydrogen (secondary N) is 1. The zero-order valence-corrected chi connectivity index (χ0v) is 12.1. The molecule has 0 saturated heterocycles. The third-order valence-electron chi connectivity index (χ3n) is 2.73. The lowest BCUT2D eigenvalue weighted by Gasteiger charge is -2.09. The summed E-state index contributed by atoms with van der Waals surface area (Å²) in [4.78, 5) is 11.9. The summed E-state index contributed by atoms with van der Waals surface area (Å²) in [6.45, 7) is 3.75. The van der Waals surface area contributed by atoms with E-state index in [-0.39, 0.29) is 12.5 Å². The summed E-state index contributed by atoms with van der Waals surface area (Å²) in [7, 11) is 0. The Labute approximate surface area is 121 Å². The lowest BCUT2D eigenvalue weighted by Crippen LogP contribution is -2.19. The average Bonchev–Trinajstić information content (AvgIpc) is 2.64. The van der Waals surface area contributed by atoms with E-state index in [0.717, 1.165) is 5.56 Å². The van der Waals surface area contributed by atoms with Crippen molar-refractivity contribution in [3.8, 4) is 0 Å². The molecule has 1 aromatic carbocycles. The minimum Gasteiger partial charge on any atom is -0.324 e. The van der Waals surface area contributed by atoms with E-state index in [1.807, 2.05) is 6.92 Å². The maximum atomic E-state index is 11.9. The van der Waals surface area contributed by atoms with Crippen LogP contribution in [0.2, 0.25) is 10.0 Å². The molecule has 0 atom stereocenters. The van der Waals surface area contributed by atoms with E-state index in [9.17, 15) is 4.79 Å². The van der Waals surface area contributed by atoms with Crippen molar-refractivity contribution in [2.45, 2.75) is 20.4 Å². The van der Waals surface area contributed by atoms with Crippen LogP contribution in [-0.4, -0.2) is 15.7 Å². The van der Waals surface area contributed by atoms with Crippen molar-refractivity contribution in [1.82, 2.24) is 9.78 Å². The molecule has 1 N–H and O–H groups in total. The minimum atomic E-state index is -0.176. The number of carbonyl (C=O) groups excluding carboxylic acids is 1. The van der Waals surface area contributed by atoms with Crippen LogP contribution in [0.3, 0.4) is 0 Å². The second-order valence-corrected chi connectivity index (χ2v) is 5.03. The third-order valence-corrected chi connectivity index (χ3v) is 3.51. The molecule has 100 valence electrons. The van der Waals surface area contributed by atoms with Crippen molar-refractivity contribution in [3.63, 3.8) is 0 Å². The van der Waals surface area contributed by atoms with Crippen molar-refractivity contribution >= 4 is 34.8 Å². The van der Waals surface area contributed by atoms with Gasteiger partial charge in [0.2, 0.25) is 5.91 Å². The molecule has 0 unspecified atom stereocenters. The summed E-state index contributed by atoms with van der Waals surface area (Å²) in [6, 6.07) is 5.38. The number of amides is 1. The Kier molecular flexibility index (Phi) is 4.12. The van der Waals surface area contributed by atoms with E-state index in [1.54, 1.807) is 31.3 Å². The molecule has 2 rings (SSSR count). The highest BCUT2D eigenvalue weighted by molar-refractivity contribution is 6.32. The van der Waals surface area contributed by atoms with Crippen LogP contribution < -0.4 is 5.32 Å². The molecule has 0 aliphatic rings. The van der Waals surface area contributed by atoms with Crippen molar-refractivity contribution in [2.75, 3.05) is 5.32 Å². The van der Waals surface area contributed by atoms with Gasteiger partial charge in [0.05, 0.1) is 10.7 Å². The van der Waals surface area contributed by atoms with Crippen molar-refractivity contribution in [3.05, 3.63) is 45.7 Å². The molecule has 6 heteroatoms. The van der Waals surface area contributed by atoms with E-state index in [1.165, 1.54) is 4.68 Å². The van der Waals surface area contributed by atoms with Gasteiger partial charge in [-0.15, -0.1) is 0 Å². The maximum absolute atomic E-state index is 11.9. The van der Waals surface area contributed by atoms with Crippen LogP contribution in [0.5, 0.6) is 0 Å². The SMILES string of the molecule is Cc1nn(CC(=O)Nc2cccc(Cl)c2C)cc1Cl. The van der Waals surface area contributed by atoms with E-state index >= 15 is 0 Å². The monoisotopic (exact) mass is 297 g/mol. The Hall–Kier alpha value is -1.52. The number of anilines is 1. The highest BCUT2D eigenvalue weighted by Crippen LogP contribution is 2.22. The number of halogens is 2. The molecule has 0 radical (unpaired) electrons. The highest BCUT2D eigenvalue weighted by Gasteiger charge is 2.09. The van der Waals surface area contributed by atoms with Crippen molar-refractivity contribution < 1.29 is 4.79 Å². The van der Waals surface area contributed by atoms with Crippen LogP contribution in [0, 0.1) is 13.8 Å². The zero-order valence-electron chi connectivity index (χ0n) is 10.6. The minimum absolute atomic E-state index is 0.111. The van der Waals surface area contributed by atoms with E-state index in [4.69, 9.17) is 23.2 Å². The Morgan fingerprint density at radius 1 is 1.32 bits per heavy atom. The number of aryl methyl sites for hydroxylation is 1. The van der Waals surface area contributed by atoms with Crippen LogP contribution in [0.4, 0.5) is 5.69 Å². The summed E-state index contributed by atoms with van der Waals surface area (Å²) in [5.41, 5.74) is 2.24. The lowest BCUT2D eigenvalue weighted by molar-refractivity contribution is -0.116. The lowest BCUT2D eigenvalue weighted by atomic mass is 10.2. The predicted octanol–water partition coefficient (Wildman–Crippen LogP) is 3.45. The summed E-state index contributed by atoms with van der Waals surface area (Å²) in [5.74, 6) is -0.176. The van der Waals surface area contributed by atoms with Gasteiger partial charge < -0.3 is 5.32 Å². The second kappa shape index (κ2) is 5.63. The average molecular weight is 298 g/mol. The number of rotatable bonds is 3. The first-order chi connectivity index (χ1) is 8.97. The summed E-state index contributed by atoms with van der Waals surface area (Å²) >= 11 is 11.9. The molecule has 4 nitrogen and oxygen atoms in total. The number of nitrogens with zero attached hydrogens (tertiary/aromatic N) is 2. The molecule has 0 spiro atoms. The predicted molar refractivity (Wildman–Crippen MR) is 76.8 cm³/mol. The van der Waals surface area contributed by atoms with Gasteiger partial charge in [0.15, 0.2) is 0 Å². The zero-order chi connectivity index (χ0) is 14.0. The first-order valence-corrected chi connectivity index (χ1v) is 6.47. The Morgan fingerprint density at radius 2 is 2.05 bits per heavy atom. The molecule has 0 fully saturated rings. The molecule has 1 amide bonds. The number of carbonyl (C=O) groups is 1. The van der Waals surface area contributed by atoms with Gasteiger partial charge in [0.25, 0.3) is 0 Å². The Morgan fingerprint density at radius 3 is 2.68 bits per heavy atom. The van der Waals surface area contributed by atoms with Crippen LogP contribution in [0.15, 0.2) is 24.4 Å². The summed E-state index contributed by atoms with van der Waals surface area (Å²) in [6.07, 6.45) is 1.63. The van der Waals surface area contributed by atoms with Crippen molar-refractivity contribution in [1.29, 1.82) is 0 Å². The smallest absolute Gasteiger partial charge is 0.246 e. The van der Waals surface area contributed by atoms with Crippen LogP contribution in [0.1, 0.15) is 11.3 Å².